The lowest BCUT2D eigenvalue weighted by Crippen LogP contribution is -2.41. The number of furan rings is 1. The first-order valence-corrected chi connectivity index (χ1v) is 10.4. The highest BCUT2D eigenvalue weighted by atomic mass is 19.4. The first-order chi connectivity index (χ1) is 15.1. The maximum Gasteiger partial charge on any atom is 0.415 e. The van der Waals surface area contributed by atoms with Crippen LogP contribution in [0.3, 0.4) is 0 Å². The summed E-state index contributed by atoms with van der Waals surface area (Å²) in [4.78, 5) is 39.4. The third-order valence-corrected chi connectivity index (χ3v) is 5.58. The van der Waals surface area contributed by atoms with Gasteiger partial charge in [0.2, 0.25) is 5.43 Å². The van der Waals surface area contributed by atoms with Gasteiger partial charge < -0.3 is 19.2 Å². The van der Waals surface area contributed by atoms with Crippen molar-refractivity contribution >= 4 is 11.8 Å². The summed E-state index contributed by atoms with van der Waals surface area (Å²) in [5.41, 5.74) is -1.70. The Morgan fingerprint density at radius 3 is 2.41 bits per heavy atom. The van der Waals surface area contributed by atoms with Crippen LogP contribution in [0.4, 0.5) is 13.2 Å². The number of carbonyl (C=O) groups is 2. The van der Waals surface area contributed by atoms with Crippen molar-refractivity contribution in [3.05, 3.63) is 57.9 Å². The molecule has 0 aromatic carbocycles. The molecule has 0 spiro atoms. The zero-order valence-electron chi connectivity index (χ0n) is 17.9. The molecule has 1 fully saturated rings. The number of carbonyl (C=O) groups excluding carboxylic acids is 2. The van der Waals surface area contributed by atoms with E-state index in [9.17, 15) is 27.6 Å². The standard InChI is InChI=1S/C22H26F3N3O4/c1-27(2)21(31)16-13-28(11-14-7-4-3-5-8-14)12-15(18(16)29)20(30)26-19(22(23,24)25)17-9-6-10-32-17/h6,9-10,12-14,19H,3-5,7-8,11H2,1-2H3,(H,26,30)/t19-/m1/s1. The molecule has 0 unspecified atom stereocenters. The topological polar surface area (TPSA) is 84.6 Å². The molecule has 32 heavy (non-hydrogen) atoms. The third kappa shape index (κ3) is 5.41. The molecule has 0 radical (unpaired) electrons. The molecule has 2 amide bonds. The van der Waals surface area contributed by atoms with Gasteiger partial charge in [-0.05, 0) is 30.9 Å². The molecule has 2 aromatic rings. The molecule has 1 N–H and O–H groups in total. The minimum atomic E-state index is -4.84. The average Bonchev–Trinajstić information content (AvgIpc) is 3.26. The molecule has 1 saturated carbocycles. The predicted molar refractivity (Wildman–Crippen MR) is 110 cm³/mol. The number of pyridine rings is 1. The van der Waals surface area contributed by atoms with Crippen molar-refractivity contribution in [2.75, 3.05) is 14.1 Å². The molecule has 0 aliphatic heterocycles. The maximum atomic E-state index is 13.5. The fourth-order valence-corrected chi connectivity index (χ4v) is 3.94. The van der Waals surface area contributed by atoms with Gasteiger partial charge in [0.05, 0.1) is 6.26 Å². The largest absolute Gasteiger partial charge is 0.467 e. The van der Waals surface area contributed by atoms with E-state index in [2.05, 4.69) is 0 Å². The van der Waals surface area contributed by atoms with E-state index in [1.54, 1.807) is 4.57 Å². The van der Waals surface area contributed by atoms with Gasteiger partial charge in [0.1, 0.15) is 16.9 Å². The van der Waals surface area contributed by atoms with E-state index in [-0.39, 0.29) is 5.56 Å². The molecular weight excluding hydrogens is 427 g/mol. The number of hydrogen-bond donors (Lipinski definition) is 1. The monoisotopic (exact) mass is 453 g/mol. The summed E-state index contributed by atoms with van der Waals surface area (Å²) in [6.45, 7) is 0.467. The number of nitrogens with one attached hydrogen (secondary N) is 1. The Hall–Kier alpha value is -3.04. The number of halogens is 3. The van der Waals surface area contributed by atoms with E-state index in [0.29, 0.717) is 12.5 Å². The number of rotatable bonds is 6. The molecule has 1 aliphatic rings. The molecule has 1 aliphatic carbocycles. The summed E-state index contributed by atoms with van der Waals surface area (Å²) in [6.07, 6.45) is 4.05. The molecule has 7 nitrogen and oxygen atoms in total. The van der Waals surface area contributed by atoms with E-state index in [0.717, 1.165) is 44.4 Å². The summed E-state index contributed by atoms with van der Waals surface area (Å²) in [6, 6.07) is -0.0658. The fraction of sp³-hybridized carbons (Fsp3) is 0.500. The molecular formula is C22H26F3N3O4. The zero-order valence-corrected chi connectivity index (χ0v) is 17.9. The number of aromatic nitrogens is 1. The highest BCUT2D eigenvalue weighted by molar-refractivity contribution is 5.99. The number of nitrogens with zero attached hydrogens (tertiary/aromatic N) is 2. The summed E-state index contributed by atoms with van der Waals surface area (Å²) in [5, 5.41) is 1.85. The SMILES string of the molecule is CN(C)C(=O)c1cn(CC2CCCCC2)cc(C(=O)N[C@H](c2ccco2)C(F)(F)F)c1=O. The first kappa shape index (κ1) is 23.6. The van der Waals surface area contributed by atoms with Crippen LogP contribution in [0.1, 0.15) is 64.6 Å². The Morgan fingerprint density at radius 2 is 1.84 bits per heavy atom. The van der Waals surface area contributed by atoms with Gasteiger partial charge in [-0.25, -0.2) is 0 Å². The van der Waals surface area contributed by atoms with E-state index < -0.39 is 40.8 Å². The van der Waals surface area contributed by atoms with E-state index in [1.807, 2.05) is 5.32 Å². The quantitative estimate of drug-likeness (QED) is 0.722. The van der Waals surface area contributed by atoms with Crippen LogP contribution < -0.4 is 10.7 Å². The lowest BCUT2D eigenvalue weighted by atomic mass is 9.89. The van der Waals surface area contributed by atoms with Crippen LogP contribution in [0.15, 0.2) is 40.0 Å². The average molecular weight is 453 g/mol. The Morgan fingerprint density at radius 1 is 1.19 bits per heavy atom. The Bertz CT molecular complexity index is 1010. The summed E-state index contributed by atoms with van der Waals surface area (Å²) < 4.78 is 47.0. The summed E-state index contributed by atoms with van der Waals surface area (Å²) in [5.74, 6) is -2.05. The fourth-order valence-electron chi connectivity index (χ4n) is 3.94. The summed E-state index contributed by atoms with van der Waals surface area (Å²) in [7, 11) is 2.91. The van der Waals surface area contributed by atoms with Crippen molar-refractivity contribution in [3.8, 4) is 0 Å². The van der Waals surface area contributed by atoms with E-state index >= 15 is 0 Å². The van der Waals surface area contributed by atoms with Crippen LogP contribution in [0, 0.1) is 5.92 Å². The lowest BCUT2D eigenvalue weighted by Gasteiger charge is -2.24. The van der Waals surface area contributed by atoms with Crippen molar-refractivity contribution in [3.63, 3.8) is 0 Å². The smallest absolute Gasteiger partial charge is 0.415 e. The van der Waals surface area contributed by atoms with Gasteiger partial charge in [0, 0.05) is 33.0 Å². The molecule has 174 valence electrons. The molecule has 0 saturated heterocycles. The highest BCUT2D eigenvalue weighted by Crippen LogP contribution is 2.33. The Balaban J connectivity index is 1.98. The molecule has 10 heteroatoms. The second-order valence-corrected chi connectivity index (χ2v) is 8.28. The minimum absolute atomic E-state index is 0.264. The molecule has 1 atom stereocenters. The number of alkyl halides is 3. The normalized spacial score (nSPS) is 15.9. The molecule has 2 aromatic heterocycles. The van der Waals surface area contributed by atoms with Gasteiger partial charge in [-0.15, -0.1) is 0 Å². The lowest BCUT2D eigenvalue weighted by molar-refractivity contribution is -0.159. The van der Waals surface area contributed by atoms with Gasteiger partial charge in [0.25, 0.3) is 11.8 Å². The maximum absolute atomic E-state index is 13.5. The highest BCUT2D eigenvalue weighted by Gasteiger charge is 2.44. The van der Waals surface area contributed by atoms with Gasteiger partial charge >= 0.3 is 6.18 Å². The van der Waals surface area contributed by atoms with Crippen LogP contribution >= 0.6 is 0 Å². The van der Waals surface area contributed by atoms with Crippen molar-refractivity contribution in [1.82, 2.24) is 14.8 Å². The Kier molecular flexibility index (Phi) is 7.10. The Labute approximate surface area is 183 Å². The second-order valence-electron chi connectivity index (χ2n) is 8.28. The van der Waals surface area contributed by atoms with Crippen molar-refractivity contribution in [2.24, 2.45) is 5.92 Å². The zero-order chi connectivity index (χ0) is 23.5. The first-order valence-electron chi connectivity index (χ1n) is 10.4. The number of amides is 2. The van der Waals surface area contributed by atoms with Gasteiger partial charge in [-0.2, -0.15) is 13.2 Å². The van der Waals surface area contributed by atoms with Crippen LogP contribution in [0.5, 0.6) is 0 Å². The molecule has 0 bridgehead atoms. The predicted octanol–water partition coefficient (Wildman–Crippen LogP) is 3.76. The van der Waals surface area contributed by atoms with Gasteiger partial charge in [-0.3, -0.25) is 14.4 Å². The minimum Gasteiger partial charge on any atom is -0.467 e. The van der Waals surface area contributed by atoms with Crippen molar-refractivity contribution < 1.29 is 27.2 Å². The van der Waals surface area contributed by atoms with Crippen LogP contribution in [-0.4, -0.2) is 41.6 Å². The van der Waals surface area contributed by atoms with Gasteiger partial charge in [-0.1, -0.05) is 19.3 Å². The van der Waals surface area contributed by atoms with Crippen LogP contribution in [0.2, 0.25) is 0 Å². The third-order valence-electron chi connectivity index (χ3n) is 5.58. The van der Waals surface area contributed by atoms with Gasteiger partial charge in [0.15, 0.2) is 6.04 Å². The second kappa shape index (κ2) is 9.62. The van der Waals surface area contributed by atoms with Crippen molar-refractivity contribution in [1.29, 1.82) is 0 Å². The summed E-state index contributed by atoms with van der Waals surface area (Å²) >= 11 is 0. The molecule has 2 heterocycles. The number of hydrogen-bond acceptors (Lipinski definition) is 4. The van der Waals surface area contributed by atoms with E-state index in [1.165, 1.54) is 37.5 Å². The van der Waals surface area contributed by atoms with E-state index in [4.69, 9.17) is 4.42 Å². The molecule has 3 rings (SSSR count). The van der Waals surface area contributed by atoms with Crippen molar-refractivity contribution in [2.45, 2.75) is 50.9 Å². The van der Waals surface area contributed by atoms with Crippen LogP contribution in [-0.2, 0) is 6.54 Å². The van der Waals surface area contributed by atoms with Crippen LogP contribution in [0.25, 0.3) is 0 Å².